The van der Waals surface area contributed by atoms with Crippen LogP contribution in [-0.2, 0) is 17.8 Å². The predicted molar refractivity (Wildman–Crippen MR) is 93.8 cm³/mol. The maximum Gasteiger partial charge on any atom is 0.227 e. The zero-order chi connectivity index (χ0) is 15.4. The number of hydrogen-bond acceptors (Lipinski definition) is 4. The van der Waals surface area contributed by atoms with E-state index in [9.17, 15) is 4.79 Å². The molecule has 0 aliphatic heterocycles. The highest BCUT2D eigenvalue weighted by Gasteiger charge is 2.09. The van der Waals surface area contributed by atoms with Gasteiger partial charge in [-0.2, -0.15) is 0 Å². The van der Waals surface area contributed by atoms with E-state index >= 15 is 0 Å². The van der Waals surface area contributed by atoms with E-state index in [2.05, 4.69) is 29.4 Å². The summed E-state index contributed by atoms with van der Waals surface area (Å²) < 4.78 is 5.18. The SMILES string of the molecule is Cc1ccc(-c2csc(CC(=O)NCc3ccco3)n2)cc1.Cl. The minimum atomic E-state index is -0.0544. The van der Waals surface area contributed by atoms with E-state index in [0.29, 0.717) is 6.54 Å². The number of hydrogen-bond donors (Lipinski definition) is 1. The van der Waals surface area contributed by atoms with E-state index in [1.807, 2.05) is 23.6 Å². The molecule has 0 unspecified atom stereocenters. The van der Waals surface area contributed by atoms with Crippen LogP contribution in [-0.4, -0.2) is 10.9 Å². The van der Waals surface area contributed by atoms with Gasteiger partial charge in [-0.1, -0.05) is 29.8 Å². The molecule has 0 spiro atoms. The molecule has 0 radical (unpaired) electrons. The van der Waals surface area contributed by atoms with Gasteiger partial charge >= 0.3 is 0 Å². The summed E-state index contributed by atoms with van der Waals surface area (Å²) in [6.07, 6.45) is 1.88. The molecule has 1 amide bonds. The van der Waals surface area contributed by atoms with E-state index < -0.39 is 0 Å². The van der Waals surface area contributed by atoms with E-state index in [-0.39, 0.29) is 24.7 Å². The van der Waals surface area contributed by atoms with Gasteiger partial charge in [-0.05, 0) is 19.1 Å². The Morgan fingerprint density at radius 2 is 2.04 bits per heavy atom. The highest BCUT2D eigenvalue weighted by molar-refractivity contribution is 7.10. The lowest BCUT2D eigenvalue weighted by Gasteiger charge is -2.01. The smallest absolute Gasteiger partial charge is 0.227 e. The number of rotatable bonds is 5. The summed E-state index contributed by atoms with van der Waals surface area (Å²) in [6, 6.07) is 11.8. The first-order valence-corrected chi connectivity index (χ1v) is 7.89. The number of nitrogens with zero attached hydrogens (tertiary/aromatic N) is 1. The van der Waals surface area contributed by atoms with Gasteiger partial charge in [0, 0.05) is 10.9 Å². The van der Waals surface area contributed by atoms with Gasteiger partial charge in [0.25, 0.3) is 0 Å². The fourth-order valence-corrected chi connectivity index (χ4v) is 2.85. The van der Waals surface area contributed by atoms with Gasteiger partial charge in [0.2, 0.25) is 5.91 Å². The zero-order valence-corrected chi connectivity index (χ0v) is 14.2. The van der Waals surface area contributed by atoms with Gasteiger partial charge in [-0.25, -0.2) is 4.98 Å². The Labute approximate surface area is 145 Å². The largest absolute Gasteiger partial charge is 0.467 e. The van der Waals surface area contributed by atoms with E-state index in [4.69, 9.17) is 4.42 Å². The first-order chi connectivity index (χ1) is 10.7. The Kier molecular flexibility index (Phi) is 5.96. The number of benzene rings is 1. The molecule has 1 N–H and O–H groups in total. The lowest BCUT2D eigenvalue weighted by molar-refractivity contribution is -0.120. The van der Waals surface area contributed by atoms with Crippen LogP contribution in [0.1, 0.15) is 16.3 Å². The van der Waals surface area contributed by atoms with Gasteiger partial charge in [-0.3, -0.25) is 4.79 Å². The molecule has 4 nitrogen and oxygen atoms in total. The van der Waals surface area contributed by atoms with Crippen LogP contribution in [0.2, 0.25) is 0 Å². The number of aromatic nitrogens is 1. The highest BCUT2D eigenvalue weighted by atomic mass is 35.5. The van der Waals surface area contributed by atoms with Crippen LogP contribution in [0.25, 0.3) is 11.3 Å². The Morgan fingerprint density at radius 3 is 2.74 bits per heavy atom. The van der Waals surface area contributed by atoms with Crippen molar-refractivity contribution in [2.24, 2.45) is 0 Å². The molecule has 0 saturated carbocycles. The van der Waals surface area contributed by atoms with E-state index in [1.54, 1.807) is 12.3 Å². The fourth-order valence-electron chi connectivity index (χ4n) is 2.05. The number of nitrogens with one attached hydrogen (secondary N) is 1. The van der Waals surface area contributed by atoms with Crippen LogP contribution >= 0.6 is 23.7 Å². The first-order valence-electron chi connectivity index (χ1n) is 7.01. The van der Waals surface area contributed by atoms with Crippen molar-refractivity contribution in [3.8, 4) is 11.3 Å². The predicted octanol–water partition coefficient (Wildman–Crippen LogP) is 3.99. The van der Waals surface area contributed by atoms with Crippen LogP contribution < -0.4 is 5.32 Å². The topological polar surface area (TPSA) is 55.1 Å². The first kappa shape index (κ1) is 17.2. The monoisotopic (exact) mass is 348 g/mol. The Bertz CT molecular complexity index is 751. The summed E-state index contributed by atoms with van der Waals surface area (Å²) in [7, 11) is 0. The summed E-state index contributed by atoms with van der Waals surface area (Å²) in [5, 5.41) is 5.62. The highest BCUT2D eigenvalue weighted by Crippen LogP contribution is 2.22. The molecule has 6 heteroatoms. The lowest BCUT2D eigenvalue weighted by atomic mass is 10.1. The molecule has 120 valence electrons. The molecule has 2 aromatic heterocycles. The van der Waals surface area contributed by atoms with Gasteiger partial charge in [0.15, 0.2) is 0 Å². The molecular weight excluding hydrogens is 332 g/mol. The molecule has 0 aliphatic rings. The third-order valence-corrected chi connectivity index (χ3v) is 4.10. The zero-order valence-electron chi connectivity index (χ0n) is 12.6. The van der Waals surface area contributed by atoms with Crippen LogP contribution in [0.5, 0.6) is 0 Å². The fraction of sp³-hybridized carbons (Fsp3) is 0.176. The summed E-state index contributed by atoms with van der Waals surface area (Å²) >= 11 is 1.50. The minimum Gasteiger partial charge on any atom is -0.467 e. The van der Waals surface area contributed by atoms with Crippen molar-refractivity contribution >= 4 is 29.7 Å². The standard InChI is InChI=1S/C17H16N2O2S.ClH/c1-12-4-6-13(7-5-12)15-11-22-17(19-15)9-16(20)18-10-14-3-2-8-21-14;/h2-8,11H,9-10H2,1H3,(H,18,20);1H. The molecule has 0 fully saturated rings. The number of furan rings is 1. The summed E-state index contributed by atoms with van der Waals surface area (Å²) in [6.45, 7) is 2.46. The molecule has 2 heterocycles. The van der Waals surface area contributed by atoms with Crippen LogP contribution in [0.15, 0.2) is 52.5 Å². The lowest BCUT2D eigenvalue weighted by Crippen LogP contribution is -2.24. The van der Waals surface area contributed by atoms with Crippen molar-refractivity contribution < 1.29 is 9.21 Å². The summed E-state index contributed by atoms with van der Waals surface area (Å²) in [5.74, 6) is 0.689. The molecule has 23 heavy (non-hydrogen) atoms. The average molecular weight is 349 g/mol. The number of aryl methyl sites for hydroxylation is 1. The third-order valence-electron chi connectivity index (χ3n) is 3.25. The second kappa shape index (κ2) is 7.94. The molecule has 3 aromatic rings. The number of amides is 1. The normalized spacial score (nSPS) is 10.1. The third kappa shape index (κ3) is 4.68. The molecule has 0 aliphatic carbocycles. The average Bonchev–Trinajstić information content (AvgIpc) is 3.17. The number of thiazole rings is 1. The number of carbonyl (C=O) groups is 1. The molecule has 0 atom stereocenters. The van der Waals surface area contributed by atoms with Crippen molar-refractivity contribution in [1.29, 1.82) is 0 Å². The molecule has 0 saturated heterocycles. The van der Waals surface area contributed by atoms with Crippen molar-refractivity contribution in [1.82, 2.24) is 10.3 Å². The van der Waals surface area contributed by atoms with Crippen LogP contribution in [0.4, 0.5) is 0 Å². The van der Waals surface area contributed by atoms with Crippen molar-refractivity contribution in [2.45, 2.75) is 19.9 Å². The Hall–Kier alpha value is -2.11. The van der Waals surface area contributed by atoms with Crippen molar-refractivity contribution in [3.05, 3.63) is 64.4 Å². The number of carbonyl (C=O) groups excluding carboxylic acids is 1. The molecule has 3 rings (SSSR count). The van der Waals surface area contributed by atoms with E-state index in [0.717, 1.165) is 22.0 Å². The van der Waals surface area contributed by atoms with Gasteiger partial charge < -0.3 is 9.73 Å². The van der Waals surface area contributed by atoms with Crippen LogP contribution in [0.3, 0.4) is 0 Å². The molecular formula is C17H17ClN2O2S. The quantitative estimate of drug-likeness (QED) is 0.758. The Balaban J connectivity index is 0.00000192. The minimum absolute atomic E-state index is 0. The van der Waals surface area contributed by atoms with Gasteiger partial charge in [0.05, 0.1) is 24.9 Å². The van der Waals surface area contributed by atoms with Crippen molar-refractivity contribution in [2.75, 3.05) is 0 Å². The summed E-state index contributed by atoms with van der Waals surface area (Å²) in [4.78, 5) is 16.4. The van der Waals surface area contributed by atoms with Gasteiger partial charge in [-0.15, -0.1) is 23.7 Å². The molecule has 1 aromatic carbocycles. The second-order valence-electron chi connectivity index (χ2n) is 5.03. The van der Waals surface area contributed by atoms with E-state index in [1.165, 1.54) is 16.9 Å². The Morgan fingerprint density at radius 1 is 1.26 bits per heavy atom. The van der Waals surface area contributed by atoms with Crippen molar-refractivity contribution in [3.63, 3.8) is 0 Å². The second-order valence-corrected chi connectivity index (χ2v) is 5.97. The number of halogens is 1. The van der Waals surface area contributed by atoms with Crippen LogP contribution in [0, 0.1) is 6.92 Å². The molecule has 0 bridgehead atoms. The maximum absolute atomic E-state index is 11.9. The maximum atomic E-state index is 11.9. The van der Waals surface area contributed by atoms with Gasteiger partial charge in [0.1, 0.15) is 10.8 Å². The summed E-state index contributed by atoms with van der Waals surface area (Å²) in [5.41, 5.74) is 3.21.